The Labute approximate surface area is 157 Å². The number of hydrogen-bond donors (Lipinski definition) is 1. The number of benzene rings is 1. The van der Waals surface area contributed by atoms with E-state index in [1.54, 1.807) is 0 Å². The second kappa shape index (κ2) is 7.88. The molecule has 1 aliphatic carbocycles. The third kappa shape index (κ3) is 4.96. The zero-order valence-electron chi connectivity index (χ0n) is 14.7. The summed E-state index contributed by atoms with van der Waals surface area (Å²) in [4.78, 5) is 2.52. The Bertz CT molecular complexity index is 531. The first-order valence-corrected chi connectivity index (χ1v) is 10.2. The van der Waals surface area contributed by atoms with Crippen molar-refractivity contribution in [3.63, 3.8) is 0 Å². The average molecular weight is 447 g/mol. The highest BCUT2D eigenvalue weighted by atomic mass is 79.9. The minimum atomic E-state index is 0.370. The van der Waals surface area contributed by atoms with Crippen molar-refractivity contribution >= 4 is 31.9 Å². The van der Waals surface area contributed by atoms with Crippen LogP contribution in [0.25, 0.3) is 0 Å². The summed E-state index contributed by atoms with van der Waals surface area (Å²) in [6, 6.07) is 4.56. The molecule has 0 heterocycles. The molecule has 0 atom stereocenters. The van der Waals surface area contributed by atoms with Crippen LogP contribution in [0.1, 0.15) is 58.9 Å². The van der Waals surface area contributed by atoms with Gasteiger partial charge in [-0.3, -0.25) is 4.90 Å². The van der Waals surface area contributed by atoms with Crippen LogP contribution in [-0.4, -0.2) is 22.6 Å². The number of rotatable bonds is 4. The van der Waals surface area contributed by atoms with E-state index in [0.29, 0.717) is 17.2 Å². The minimum absolute atomic E-state index is 0.370. The van der Waals surface area contributed by atoms with Crippen molar-refractivity contribution in [1.29, 1.82) is 0 Å². The van der Waals surface area contributed by atoms with Gasteiger partial charge in [-0.15, -0.1) is 0 Å². The quantitative estimate of drug-likeness (QED) is 0.582. The van der Waals surface area contributed by atoms with E-state index < -0.39 is 0 Å². The molecule has 0 spiro atoms. The van der Waals surface area contributed by atoms with Crippen LogP contribution < -0.4 is 0 Å². The smallest absolute Gasteiger partial charge is 0.134 e. The first-order valence-electron chi connectivity index (χ1n) is 8.63. The highest BCUT2D eigenvalue weighted by Gasteiger charge is 2.31. The van der Waals surface area contributed by atoms with Gasteiger partial charge >= 0.3 is 0 Å². The van der Waals surface area contributed by atoms with Crippen molar-refractivity contribution in [2.45, 2.75) is 66.0 Å². The summed E-state index contributed by atoms with van der Waals surface area (Å²) in [6.45, 7) is 11.2. The molecule has 1 aromatic rings. The summed E-state index contributed by atoms with van der Waals surface area (Å²) in [5.41, 5.74) is 1.42. The van der Waals surface area contributed by atoms with Gasteiger partial charge in [0.2, 0.25) is 0 Å². The van der Waals surface area contributed by atoms with Gasteiger partial charge in [0.05, 0.1) is 4.47 Å². The van der Waals surface area contributed by atoms with E-state index >= 15 is 0 Å². The molecule has 0 unspecified atom stereocenters. The van der Waals surface area contributed by atoms with Crippen LogP contribution in [0.2, 0.25) is 0 Å². The van der Waals surface area contributed by atoms with E-state index in [2.05, 4.69) is 64.5 Å². The van der Waals surface area contributed by atoms with Crippen molar-refractivity contribution in [2.75, 3.05) is 6.54 Å². The highest BCUT2D eigenvalue weighted by molar-refractivity contribution is 9.11. The van der Waals surface area contributed by atoms with Crippen molar-refractivity contribution in [3.8, 4) is 5.75 Å². The first kappa shape index (κ1) is 19.3. The lowest BCUT2D eigenvalue weighted by atomic mass is 9.71. The van der Waals surface area contributed by atoms with Crippen LogP contribution in [0.4, 0.5) is 0 Å². The van der Waals surface area contributed by atoms with E-state index in [1.807, 2.05) is 12.1 Å². The molecule has 1 saturated carbocycles. The Hall–Kier alpha value is -0.0600. The van der Waals surface area contributed by atoms with Crippen LogP contribution in [0.3, 0.4) is 0 Å². The SMILES string of the molecule is CCN(Cc1cc(Br)cc(Br)c1O)C1CCC(C(C)(C)C)CC1. The van der Waals surface area contributed by atoms with Gasteiger partial charge in [-0.05, 0) is 71.6 Å². The standard InChI is InChI=1S/C19H29Br2NO/c1-5-22(12-13-10-15(20)11-17(21)18(13)23)16-8-6-14(7-9-16)19(2,3)4/h10-11,14,16,23H,5-9,12H2,1-4H3. The average Bonchev–Trinajstić information content (AvgIpc) is 2.48. The molecule has 4 heteroatoms. The zero-order valence-corrected chi connectivity index (χ0v) is 17.9. The third-order valence-corrected chi connectivity index (χ3v) is 6.39. The Balaban J connectivity index is 2.05. The number of phenols is 1. The van der Waals surface area contributed by atoms with Crippen molar-refractivity contribution in [2.24, 2.45) is 11.3 Å². The lowest BCUT2D eigenvalue weighted by Gasteiger charge is -2.41. The maximum atomic E-state index is 10.3. The molecule has 0 bridgehead atoms. The minimum Gasteiger partial charge on any atom is -0.506 e. The van der Waals surface area contributed by atoms with Crippen molar-refractivity contribution < 1.29 is 5.11 Å². The summed E-state index contributed by atoms with van der Waals surface area (Å²) in [7, 11) is 0. The molecule has 2 nitrogen and oxygen atoms in total. The Morgan fingerprint density at radius 1 is 1.13 bits per heavy atom. The number of hydrogen-bond acceptors (Lipinski definition) is 2. The number of phenolic OH excluding ortho intramolecular Hbond substituents is 1. The normalized spacial score (nSPS) is 22.6. The molecule has 1 N–H and O–H groups in total. The molecular formula is C19H29Br2NO. The van der Waals surface area contributed by atoms with E-state index in [1.165, 1.54) is 25.7 Å². The van der Waals surface area contributed by atoms with E-state index in [4.69, 9.17) is 0 Å². The molecule has 130 valence electrons. The molecular weight excluding hydrogens is 418 g/mol. The third-order valence-electron chi connectivity index (χ3n) is 5.32. The molecule has 0 amide bonds. The van der Waals surface area contributed by atoms with Crippen LogP contribution in [0.5, 0.6) is 5.75 Å². The molecule has 1 fully saturated rings. The predicted octanol–water partition coefficient (Wildman–Crippen LogP) is 6.34. The Morgan fingerprint density at radius 3 is 2.26 bits per heavy atom. The molecule has 0 aromatic heterocycles. The summed E-state index contributed by atoms with van der Waals surface area (Å²) in [5, 5.41) is 10.3. The van der Waals surface area contributed by atoms with Crippen LogP contribution in [0.15, 0.2) is 21.1 Å². The van der Waals surface area contributed by atoms with E-state index in [9.17, 15) is 5.11 Å². The fourth-order valence-electron chi connectivity index (χ4n) is 3.76. The topological polar surface area (TPSA) is 23.5 Å². The molecule has 0 radical (unpaired) electrons. The maximum Gasteiger partial charge on any atom is 0.134 e. The molecule has 0 saturated heterocycles. The number of aromatic hydroxyl groups is 1. The van der Waals surface area contributed by atoms with Crippen LogP contribution in [-0.2, 0) is 6.54 Å². The fraction of sp³-hybridized carbons (Fsp3) is 0.684. The highest BCUT2D eigenvalue weighted by Crippen LogP contribution is 2.40. The van der Waals surface area contributed by atoms with E-state index in [-0.39, 0.29) is 0 Å². The van der Waals surface area contributed by atoms with Crippen molar-refractivity contribution in [3.05, 3.63) is 26.6 Å². The second-order valence-corrected chi connectivity index (χ2v) is 9.60. The molecule has 2 rings (SSSR count). The fourth-order valence-corrected chi connectivity index (χ4v) is 5.08. The molecule has 1 aromatic carbocycles. The van der Waals surface area contributed by atoms with Gasteiger partial charge in [0.15, 0.2) is 0 Å². The van der Waals surface area contributed by atoms with Gasteiger partial charge in [-0.25, -0.2) is 0 Å². The van der Waals surface area contributed by atoms with Gasteiger partial charge < -0.3 is 5.11 Å². The number of halogens is 2. The second-order valence-electron chi connectivity index (χ2n) is 7.83. The van der Waals surface area contributed by atoms with Gasteiger partial charge in [0, 0.05) is 22.6 Å². The summed E-state index contributed by atoms with van der Waals surface area (Å²) < 4.78 is 1.76. The first-order chi connectivity index (χ1) is 10.7. The molecule has 0 aliphatic heterocycles. The summed E-state index contributed by atoms with van der Waals surface area (Å²) in [5.74, 6) is 1.21. The summed E-state index contributed by atoms with van der Waals surface area (Å²) >= 11 is 6.96. The van der Waals surface area contributed by atoms with Crippen LogP contribution in [0, 0.1) is 11.3 Å². The molecule has 23 heavy (non-hydrogen) atoms. The van der Waals surface area contributed by atoms with Gasteiger partial charge in [0.1, 0.15) is 5.75 Å². The Kier molecular flexibility index (Phi) is 6.60. The lowest BCUT2D eigenvalue weighted by Crippen LogP contribution is -2.39. The largest absolute Gasteiger partial charge is 0.506 e. The monoisotopic (exact) mass is 445 g/mol. The van der Waals surface area contributed by atoms with Gasteiger partial charge in [-0.2, -0.15) is 0 Å². The summed E-state index contributed by atoms with van der Waals surface area (Å²) in [6.07, 6.45) is 5.18. The lowest BCUT2D eigenvalue weighted by molar-refractivity contribution is 0.0939. The number of nitrogens with zero attached hydrogens (tertiary/aromatic N) is 1. The van der Waals surface area contributed by atoms with Crippen molar-refractivity contribution in [1.82, 2.24) is 4.90 Å². The van der Waals surface area contributed by atoms with Gasteiger partial charge in [-0.1, -0.05) is 43.6 Å². The predicted molar refractivity (Wildman–Crippen MR) is 105 cm³/mol. The van der Waals surface area contributed by atoms with Crippen LogP contribution >= 0.6 is 31.9 Å². The zero-order chi connectivity index (χ0) is 17.2. The van der Waals surface area contributed by atoms with Gasteiger partial charge in [0.25, 0.3) is 0 Å². The maximum absolute atomic E-state index is 10.3. The molecule has 1 aliphatic rings. The Morgan fingerprint density at radius 2 is 1.74 bits per heavy atom. The van der Waals surface area contributed by atoms with E-state index in [0.717, 1.165) is 33.5 Å².